The van der Waals surface area contributed by atoms with E-state index in [2.05, 4.69) is 23.5 Å². The van der Waals surface area contributed by atoms with Crippen LogP contribution >= 0.6 is 0 Å². The predicted octanol–water partition coefficient (Wildman–Crippen LogP) is 1.16. The Hall–Kier alpha value is -0.870. The summed E-state index contributed by atoms with van der Waals surface area (Å²) in [5.41, 5.74) is 1.24. The van der Waals surface area contributed by atoms with Gasteiger partial charge in [-0.15, -0.1) is 0 Å². The predicted molar refractivity (Wildman–Crippen MR) is 60.5 cm³/mol. The summed E-state index contributed by atoms with van der Waals surface area (Å²) in [4.78, 5) is 0. The number of rotatable bonds is 8. The molecule has 0 atom stereocenters. The van der Waals surface area contributed by atoms with Gasteiger partial charge in [0.2, 0.25) is 0 Å². The Bertz CT molecular complexity index is 260. The van der Waals surface area contributed by atoms with Crippen molar-refractivity contribution in [2.45, 2.75) is 39.3 Å². The minimum atomic E-state index is 0.309. The first-order valence-corrected chi connectivity index (χ1v) is 5.69. The Morgan fingerprint density at radius 2 is 2.27 bits per heavy atom. The third-order valence-electron chi connectivity index (χ3n) is 2.35. The van der Waals surface area contributed by atoms with Gasteiger partial charge < -0.3 is 10.4 Å². The maximum atomic E-state index is 8.60. The highest BCUT2D eigenvalue weighted by atomic mass is 16.2. The number of aliphatic hydroxyl groups is 1. The molecular weight excluding hydrogens is 190 g/mol. The molecular formula is C11H21N3O. The molecule has 86 valence electrons. The van der Waals surface area contributed by atoms with Gasteiger partial charge >= 0.3 is 0 Å². The first-order chi connectivity index (χ1) is 7.36. The summed E-state index contributed by atoms with van der Waals surface area (Å²) in [6, 6.07) is 0. The minimum Gasteiger partial charge on any atom is -0.396 e. The number of hydrogen-bond acceptors (Lipinski definition) is 3. The summed E-state index contributed by atoms with van der Waals surface area (Å²) in [6.45, 7) is 5.22. The van der Waals surface area contributed by atoms with E-state index in [0.29, 0.717) is 6.61 Å². The average molecular weight is 211 g/mol. The fraction of sp³-hybridized carbons (Fsp3) is 0.727. The van der Waals surface area contributed by atoms with Crippen LogP contribution in [0.1, 0.15) is 31.7 Å². The smallest absolute Gasteiger partial charge is 0.0534 e. The highest BCUT2D eigenvalue weighted by molar-refractivity contribution is 5.02. The quantitative estimate of drug-likeness (QED) is 0.634. The zero-order valence-electron chi connectivity index (χ0n) is 9.45. The van der Waals surface area contributed by atoms with Crippen LogP contribution in [-0.2, 0) is 13.1 Å². The molecule has 0 aliphatic heterocycles. The lowest BCUT2D eigenvalue weighted by molar-refractivity contribution is 0.283. The van der Waals surface area contributed by atoms with E-state index in [9.17, 15) is 0 Å². The minimum absolute atomic E-state index is 0.309. The number of nitrogens with zero attached hydrogens (tertiary/aromatic N) is 2. The van der Waals surface area contributed by atoms with E-state index in [0.717, 1.165) is 38.9 Å². The van der Waals surface area contributed by atoms with Gasteiger partial charge in [-0.05, 0) is 32.7 Å². The van der Waals surface area contributed by atoms with Crippen LogP contribution in [0.25, 0.3) is 0 Å². The first-order valence-electron chi connectivity index (χ1n) is 5.69. The largest absolute Gasteiger partial charge is 0.396 e. The number of aryl methyl sites for hydroxylation is 1. The molecule has 0 spiro atoms. The van der Waals surface area contributed by atoms with Crippen molar-refractivity contribution >= 4 is 0 Å². The normalized spacial score (nSPS) is 10.8. The van der Waals surface area contributed by atoms with Crippen LogP contribution < -0.4 is 5.32 Å². The van der Waals surface area contributed by atoms with E-state index < -0.39 is 0 Å². The van der Waals surface area contributed by atoms with Crippen LogP contribution in [0.4, 0.5) is 0 Å². The van der Waals surface area contributed by atoms with Crippen molar-refractivity contribution in [3.8, 4) is 0 Å². The Morgan fingerprint density at radius 3 is 2.93 bits per heavy atom. The summed E-state index contributed by atoms with van der Waals surface area (Å²) in [7, 11) is 0. The highest BCUT2D eigenvalue weighted by Gasteiger charge is 1.96. The number of aliphatic hydroxyl groups excluding tert-OH is 1. The van der Waals surface area contributed by atoms with Crippen LogP contribution in [0, 0.1) is 0 Å². The van der Waals surface area contributed by atoms with Crippen LogP contribution in [0.3, 0.4) is 0 Å². The van der Waals surface area contributed by atoms with Crippen LogP contribution in [-0.4, -0.2) is 28.0 Å². The van der Waals surface area contributed by atoms with Crippen molar-refractivity contribution in [3.05, 3.63) is 18.0 Å². The molecule has 1 heterocycles. The molecule has 0 radical (unpaired) electrons. The monoisotopic (exact) mass is 211 g/mol. The van der Waals surface area contributed by atoms with Gasteiger partial charge in [0.25, 0.3) is 0 Å². The van der Waals surface area contributed by atoms with Crippen molar-refractivity contribution in [3.63, 3.8) is 0 Å². The molecule has 0 saturated heterocycles. The summed E-state index contributed by atoms with van der Waals surface area (Å²) < 4.78 is 1.93. The SMILES string of the molecule is CCn1cc(CNCCCCCO)cn1. The van der Waals surface area contributed by atoms with E-state index in [1.165, 1.54) is 5.56 Å². The molecule has 0 saturated carbocycles. The zero-order chi connectivity index (χ0) is 10.9. The number of hydrogen-bond donors (Lipinski definition) is 2. The second kappa shape index (κ2) is 7.43. The van der Waals surface area contributed by atoms with Crippen molar-refractivity contribution in [2.24, 2.45) is 0 Å². The summed E-state index contributed by atoms with van der Waals surface area (Å²) in [5.74, 6) is 0. The lowest BCUT2D eigenvalue weighted by Crippen LogP contribution is -2.14. The number of aromatic nitrogens is 2. The highest BCUT2D eigenvalue weighted by Crippen LogP contribution is 1.97. The fourth-order valence-corrected chi connectivity index (χ4v) is 1.44. The lowest BCUT2D eigenvalue weighted by Gasteiger charge is -2.01. The van der Waals surface area contributed by atoms with Gasteiger partial charge in [-0.1, -0.05) is 0 Å². The number of unbranched alkanes of at least 4 members (excludes halogenated alkanes) is 2. The van der Waals surface area contributed by atoms with E-state index >= 15 is 0 Å². The molecule has 0 fully saturated rings. The molecule has 1 aromatic rings. The molecule has 2 N–H and O–H groups in total. The Morgan fingerprint density at radius 1 is 1.40 bits per heavy atom. The van der Waals surface area contributed by atoms with Crippen molar-refractivity contribution in [1.29, 1.82) is 0 Å². The van der Waals surface area contributed by atoms with E-state index in [1.54, 1.807) is 0 Å². The molecule has 0 aromatic carbocycles. The van der Waals surface area contributed by atoms with Crippen LogP contribution in [0.2, 0.25) is 0 Å². The Balaban J connectivity index is 2.04. The first kappa shape index (κ1) is 12.2. The van der Waals surface area contributed by atoms with Gasteiger partial charge in [0.1, 0.15) is 0 Å². The topological polar surface area (TPSA) is 50.1 Å². The van der Waals surface area contributed by atoms with E-state index in [-0.39, 0.29) is 0 Å². The van der Waals surface area contributed by atoms with Crippen molar-refractivity contribution < 1.29 is 5.11 Å². The van der Waals surface area contributed by atoms with E-state index in [1.807, 2.05) is 10.9 Å². The van der Waals surface area contributed by atoms with Crippen molar-refractivity contribution in [1.82, 2.24) is 15.1 Å². The van der Waals surface area contributed by atoms with Gasteiger partial charge in [-0.25, -0.2) is 0 Å². The molecule has 4 nitrogen and oxygen atoms in total. The number of nitrogens with one attached hydrogen (secondary N) is 1. The molecule has 0 bridgehead atoms. The van der Waals surface area contributed by atoms with Gasteiger partial charge in [0.05, 0.1) is 6.20 Å². The second-order valence-corrected chi connectivity index (χ2v) is 3.67. The van der Waals surface area contributed by atoms with Gasteiger partial charge in [0, 0.05) is 31.5 Å². The van der Waals surface area contributed by atoms with Crippen molar-refractivity contribution in [2.75, 3.05) is 13.2 Å². The van der Waals surface area contributed by atoms with Gasteiger partial charge in [0.15, 0.2) is 0 Å². The standard InChI is InChI=1S/C11H21N3O/c1-2-14-10-11(9-13-14)8-12-6-4-3-5-7-15/h9-10,12,15H,2-8H2,1H3. The van der Waals surface area contributed by atoms with E-state index in [4.69, 9.17) is 5.11 Å². The Kier molecular flexibility index (Phi) is 6.04. The molecule has 15 heavy (non-hydrogen) atoms. The molecule has 1 rings (SSSR count). The average Bonchev–Trinajstić information content (AvgIpc) is 2.71. The lowest BCUT2D eigenvalue weighted by atomic mass is 10.2. The van der Waals surface area contributed by atoms with Gasteiger partial charge in [-0.2, -0.15) is 5.10 Å². The van der Waals surface area contributed by atoms with Crippen LogP contribution in [0.15, 0.2) is 12.4 Å². The summed E-state index contributed by atoms with van der Waals surface area (Å²) in [6.07, 6.45) is 7.11. The van der Waals surface area contributed by atoms with Gasteiger partial charge in [-0.3, -0.25) is 4.68 Å². The molecule has 0 amide bonds. The summed E-state index contributed by atoms with van der Waals surface area (Å²) >= 11 is 0. The molecule has 0 aliphatic carbocycles. The third-order valence-corrected chi connectivity index (χ3v) is 2.35. The third kappa shape index (κ3) is 4.95. The second-order valence-electron chi connectivity index (χ2n) is 3.67. The zero-order valence-corrected chi connectivity index (χ0v) is 9.45. The molecule has 4 heteroatoms. The molecule has 1 aromatic heterocycles. The maximum Gasteiger partial charge on any atom is 0.0534 e. The summed E-state index contributed by atoms with van der Waals surface area (Å²) in [5, 5.41) is 16.2. The fourth-order valence-electron chi connectivity index (χ4n) is 1.44. The maximum absolute atomic E-state index is 8.60. The van der Waals surface area contributed by atoms with Crippen LogP contribution in [0.5, 0.6) is 0 Å². The Labute approximate surface area is 91.3 Å². The molecule has 0 unspecified atom stereocenters. The molecule has 0 aliphatic rings.